The first-order valence-corrected chi connectivity index (χ1v) is 10.5. The van der Waals surface area contributed by atoms with Gasteiger partial charge in [0.1, 0.15) is 22.1 Å². The summed E-state index contributed by atoms with van der Waals surface area (Å²) in [5, 5.41) is 0. The fourth-order valence-corrected chi connectivity index (χ4v) is 3.90. The highest BCUT2D eigenvalue weighted by Gasteiger charge is 2.28. The van der Waals surface area contributed by atoms with E-state index in [0.29, 0.717) is 11.3 Å². The van der Waals surface area contributed by atoms with E-state index < -0.39 is 10.1 Å². The van der Waals surface area contributed by atoms with Crippen LogP contribution in [0.4, 0.5) is 0 Å². The third-order valence-corrected chi connectivity index (χ3v) is 5.81. The van der Waals surface area contributed by atoms with Gasteiger partial charge >= 0.3 is 10.1 Å². The van der Waals surface area contributed by atoms with Crippen LogP contribution in [0.1, 0.15) is 21.5 Å². The lowest BCUT2D eigenvalue weighted by Gasteiger charge is -2.08. The number of fused-ring (bicyclic) bond motifs is 1. The topological polar surface area (TPSA) is 78.9 Å². The first-order chi connectivity index (χ1) is 14.4. The minimum atomic E-state index is -4.00. The van der Waals surface area contributed by atoms with Crippen LogP contribution in [0.25, 0.3) is 6.08 Å². The molecule has 4 rings (SSSR count). The number of rotatable bonds is 5. The number of hydrogen-bond donors (Lipinski definition) is 0. The van der Waals surface area contributed by atoms with Crippen molar-refractivity contribution in [3.05, 3.63) is 89.2 Å². The van der Waals surface area contributed by atoms with Crippen LogP contribution in [0.2, 0.25) is 0 Å². The molecule has 0 saturated heterocycles. The number of aryl methyl sites for hydroxylation is 1. The molecule has 6 nitrogen and oxygen atoms in total. The van der Waals surface area contributed by atoms with Crippen LogP contribution in [0, 0.1) is 6.92 Å². The van der Waals surface area contributed by atoms with E-state index in [1.165, 1.54) is 30.3 Å². The zero-order valence-electron chi connectivity index (χ0n) is 16.3. The summed E-state index contributed by atoms with van der Waals surface area (Å²) in [4.78, 5) is 12.7. The van der Waals surface area contributed by atoms with Crippen molar-refractivity contribution in [1.29, 1.82) is 0 Å². The van der Waals surface area contributed by atoms with Crippen LogP contribution in [0.5, 0.6) is 17.2 Å². The molecule has 0 aliphatic carbocycles. The smallest absolute Gasteiger partial charge is 0.339 e. The molecule has 0 amide bonds. The lowest BCUT2D eigenvalue weighted by atomic mass is 10.1. The van der Waals surface area contributed by atoms with Gasteiger partial charge in [-0.2, -0.15) is 8.42 Å². The van der Waals surface area contributed by atoms with Crippen LogP contribution in [-0.2, 0) is 10.1 Å². The summed E-state index contributed by atoms with van der Waals surface area (Å²) in [7, 11) is -2.44. The Balaban J connectivity index is 1.59. The molecule has 0 fully saturated rings. The van der Waals surface area contributed by atoms with Crippen LogP contribution in [0.15, 0.2) is 77.4 Å². The summed E-state index contributed by atoms with van der Waals surface area (Å²) in [6.07, 6.45) is 1.61. The monoisotopic (exact) mass is 422 g/mol. The summed E-state index contributed by atoms with van der Waals surface area (Å²) in [5.41, 5.74) is 2.02. The molecule has 0 atom stereocenters. The molecule has 1 aliphatic rings. The second-order valence-corrected chi connectivity index (χ2v) is 8.27. The Morgan fingerprint density at radius 2 is 1.70 bits per heavy atom. The summed E-state index contributed by atoms with van der Waals surface area (Å²) < 4.78 is 41.1. The van der Waals surface area contributed by atoms with Crippen molar-refractivity contribution in [1.82, 2.24) is 0 Å². The molecule has 0 saturated carbocycles. The first-order valence-electron chi connectivity index (χ1n) is 9.09. The fraction of sp³-hybridized carbons (Fsp3) is 0.0870. The van der Waals surface area contributed by atoms with E-state index in [1.54, 1.807) is 43.5 Å². The third kappa shape index (κ3) is 3.92. The average molecular weight is 422 g/mol. The highest BCUT2D eigenvalue weighted by atomic mass is 32.2. The molecule has 1 heterocycles. The van der Waals surface area contributed by atoms with E-state index in [4.69, 9.17) is 13.7 Å². The number of hydrogen-bond acceptors (Lipinski definition) is 6. The highest BCUT2D eigenvalue weighted by Crippen LogP contribution is 2.35. The number of ether oxygens (including phenoxy) is 2. The molecule has 0 N–H and O–H groups in total. The fourth-order valence-electron chi connectivity index (χ4n) is 2.98. The maximum atomic E-state index is 12.6. The summed E-state index contributed by atoms with van der Waals surface area (Å²) in [6.45, 7) is 1.86. The van der Waals surface area contributed by atoms with E-state index >= 15 is 0 Å². The van der Waals surface area contributed by atoms with Crippen molar-refractivity contribution in [2.75, 3.05) is 7.11 Å². The normalized spacial score (nSPS) is 14.3. The van der Waals surface area contributed by atoms with Gasteiger partial charge in [0.2, 0.25) is 5.78 Å². The maximum Gasteiger partial charge on any atom is 0.339 e. The SMILES string of the molecule is COc1cccc(/C=C2\Oc3cc(OS(=O)(=O)c4ccc(C)cc4)ccc3C2=O)c1. The molecule has 30 heavy (non-hydrogen) atoms. The molecule has 7 heteroatoms. The average Bonchev–Trinajstić information content (AvgIpc) is 3.03. The molecule has 1 aliphatic heterocycles. The molecular formula is C23H18O6S. The first kappa shape index (κ1) is 19.7. The number of methoxy groups -OCH3 is 1. The van der Waals surface area contributed by atoms with Gasteiger partial charge in [0.15, 0.2) is 5.76 Å². The van der Waals surface area contributed by atoms with Crippen molar-refractivity contribution < 1.29 is 26.9 Å². The van der Waals surface area contributed by atoms with Crippen molar-refractivity contribution in [3.63, 3.8) is 0 Å². The van der Waals surface area contributed by atoms with Crippen molar-refractivity contribution in [2.45, 2.75) is 11.8 Å². The zero-order valence-corrected chi connectivity index (χ0v) is 17.1. The van der Waals surface area contributed by atoms with Crippen LogP contribution >= 0.6 is 0 Å². The molecule has 3 aromatic rings. The molecule has 0 radical (unpaired) electrons. The van der Waals surface area contributed by atoms with Crippen molar-refractivity contribution in [3.8, 4) is 17.2 Å². The number of allylic oxidation sites excluding steroid dienone is 1. The lowest BCUT2D eigenvalue weighted by molar-refractivity contribution is 0.101. The Labute approximate surface area is 174 Å². The Bertz CT molecular complexity index is 1260. The number of carbonyl (C=O) groups excluding carboxylic acids is 1. The van der Waals surface area contributed by atoms with E-state index in [9.17, 15) is 13.2 Å². The van der Waals surface area contributed by atoms with Gasteiger partial charge in [-0.1, -0.05) is 29.8 Å². The predicted octanol–water partition coefficient (Wildman–Crippen LogP) is 4.39. The van der Waals surface area contributed by atoms with Crippen molar-refractivity contribution >= 4 is 22.0 Å². The minimum absolute atomic E-state index is 0.0456. The number of ketones is 1. The van der Waals surface area contributed by atoms with E-state index in [0.717, 1.165) is 11.1 Å². The summed E-state index contributed by atoms with van der Waals surface area (Å²) in [6, 6.07) is 17.8. The molecule has 0 bridgehead atoms. The number of Topliss-reactive ketones (excluding diaryl/α,β-unsaturated/α-hetero) is 1. The summed E-state index contributed by atoms with van der Waals surface area (Å²) in [5.74, 6) is 0.803. The predicted molar refractivity (Wildman–Crippen MR) is 111 cm³/mol. The van der Waals surface area contributed by atoms with E-state index in [2.05, 4.69) is 0 Å². The Kier molecular flexibility index (Phi) is 5.05. The molecular weight excluding hydrogens is 404 g/mol. The van der Waals surface area contributed by atoms with Gasteiger partial charge in [-0.25, -0.2) is 0 Å². The molecule has 0 spiro atoms. The second-order valence-electron chi connectivity index (χ2n) is 6.72. The quantitative estimate of drug-likeness (QED) is 0.448. The maximum absolute atomic E-state index is 12.6. The molecule has 3 aromatic carbocycles. The lowest BCUT2D eigenvalue weighted by Crippen LogP contribution is -2.09. The van der Waals surface area contributed by atoms with Gasteiger partial charge in [-0.3, -0.25) is 4.79 Å². The van der Waals surface area contributed by atoms with E-state index in [-0.39, 0.29) is 27.9 Å². The standard InChI is InChI=1S/C23H18O6S/c1-15-6-9-19(10-7-15)30(25,26)29-18-8-11-20-21(14-18)28-22(23(20)24)13-16-4-3-5-17(12-16)27-2/h3-14H,1-2H3/b22-13-. The van der Waals surface area contributed by atoms with Crippen LogP contribution < -0.4 is 13.7 Å². The molecule has 0 aromatic heterocycles. The Morgan fingerprint density at radius 1 is 0.933 bits per heavy atom. The summed E-state index contributed by atoms with van der Waals surface area (Å²) >= 11 is 0. The van der Waals surface area contributed by atoms with Gasteiger partial charge in [0.05, 0.1) is 12.7 Å². The highest BCUT2D eigenvalue weighted by molar-refractivity contribution is 7.87. The van der Waals surface area contributed by atoms with E-state index in [1.807, 2.05) is 13.0 Å². The third-order valence-electron chi connectivity index (χ3n) is 4.55. The molecule has 152 valence electrons. The minimum Gasteiger partial charge on any atom is -0.497 e. The van der Waals surface area contributed by atoms with Gasteiger partial charge in [0, 0.05) is 6.07 Å². The van der Waals surface area contributed by atoms with Crippen molar-refractivity contribution in [2.24, 2.45) is 0 Å². The largest absolute Gasteiger partial charge is 0.497 e. The Morgan fingerprint density at radius 3 is 2.43 bits per heavy atom. The molecule has 0 unspecified atom stereocenters. The van der Waals surface area contributed by atoms with Crippen LogP contribution in [-0.4, -0.2) is 21.3 Å². The van der Waals surface area contributed by atoms with Crippen LogP contribution in [0.3, 0.4) is 0 Å². The van der Waals surface area contributed by atoms with Gasteiger partial charge < -0.3 is 13.7 Å². The second kappa shape index (κ2) is 7.68. The number of carbonyl (C=O) groups is 1. The zero-order chi connectivity index (χ0) is 21.3. The van der Waals surface area contributed by atoms with Gasteiger partial charge in [0.25, 0.3) is 0 Å². The Hall–Kier alpha value is -3.58. The van der Waals surface area contributed by atoms with Gasteiger partial charge in [-0.05, 0) is 55.0 Å². The van der Waals surface area contributed by atoms with Gasteiger partial charge in [-0.15, -0.1) is 0 Å². The number of benzene rings is 3.